The van der Waals surface area contributed by atoms with Crippen molar-refractivity contribution in [2.24, 2.45) is 18.9 Å². The average Bonchev–Trinajstić information content (AvgIpc) is 2.56. The molecule has 0 saturated heterocycles. The van der Waals surface area contributed by atoms with Gasteiger partial charge in [-0.1, -0.05) is 32.4 Å². The van der Waals surface area contributed by atoms with E-state index in [1.54, 1.807) is 4.68 Å². The standard InChI is InChI=1S/C14H26ClN3/c1-6-7-16-9-11(3)10(2)8-13-12(4)17-18(5)14(13)15/h10-11,16H,6-9H2,1-5H3. The molecule has 3 nitrogen and oxygen atoms in total. The van der Waals surface area contributed by atoms with Crippen LogP contribution in [-0.4, -0.2) is 22.9 Å². The van der Waals surface area contributed by atoms with Crippen molar-refractivity contribution in [2.45, 2.75) is 40.5 Å². The van der Waals surface area contributed by atoms with Gasteiger partial charge in [0.05, 0.1) is 5.69 Å². The fourth-order valence-corrected chi connectivity index (χ4v) is 2.39. The predicted molar refractivity (Wildman–Crippen MR) is 78.1 cm³/mol. The largest absolute Gasteiger partial charge is 0.316 e. The van der Waals surface area contributed by atoms with Gasteiger partial charge in [-0.05, 0) is 44.7 Å². The second-order valence-corrected chi connectivity index (χ2v) is 5.70. The van der Waals surface area contributed by atoms with E-state index >= 15 is 0 Å². The van der Waals surface area contributed by atoms with Crippen LogP contribution < -0.4 is 5.32 Å². The van der Waals surface area contributed by atoms with E-state index in [9.17, 15) is 0 Å². The first-order valence-electron chi connectivity index (χ1n) is 6.86. The normalized spacial score (nSPS) is 14.8. The molecule has 0 radical (unpaired) electrons. The van der Waals surface area contributed by atoms with Crippen molar-refractivity contribution in [3.8, 4) is 0 Å². The summed E-state index contributed by atoms with van der Waals surface area (Å²) in [4.78, 5) is 0. The van der Waals surface area contributed by atoms with E-state index in [-0.39, 0.29) is 0 Å². The number of halogens is 1. The molecule has 2 atom stereocenters. The van der Waals surface area contributed by atoms with Crippen molar-refractivity contribution >= 4 is 11.6 Å². The van der Waals surface area contributed by atoms with Crippen molar-refractivity contribution < 1.29 is 0 Å². The Morgan fingerprint density at radius 1 is 1.33 bits per heavy atom. The van der Waals surface area contributed by atoms with E-state index in [1.165, 1.54) is 12.0 Å². The zero-order valence-electron chi connectivity index (χ0n) is 12.3. The molecule has 0 aliphatic carbocycles. The molecule has 104 valence electrons. The van der Waals surface area contributed by atoms with E-state index in [1.807, 2.05) is 14.0 Å². The molecule has 0 fully saturated rings. The van der Waals surface area contributed by atoms with Crippen LogP contribution in [0.15, 0.2) is 0 Å². The Labute approximate surface area is 116 Å². The monoisotopic (exact) mass is 271 g/mol. The van der Waals surface area contributed by atoms with Crippen LogP contribution in [-0.2, 0) is 13.5 Å². The summed E-state index contributed by atoms with van der Waals surface area (Å²) in [6.45, 7) is 11.0. The molecule has 1 rings (SSSR count). The van der Waals surface area contributed by atoms with Crippen molar-refractivity contribution in [3.05, 3.63) is 16.4 Å². The Bertz CT molecular complexity index is 373. The maximum absolute atomic E-state index is 6.27. The summed E-state index contributed by atoms with van der Waals surface area (Å²) in [7, 11) is 1.90. The van der Waals surface area contributed by atoms with E-state index in [4.69, 9.17) is 11.6 Å². The average molecular weight is 272 g/mol. The van der Waals surface area contributed by atoms with E-state index < -0.39 is 0 Å². The van der Waals surface area contributed by atoms with Crippen LogP contribution in [0.4, 0.5) is 0 Å². The van der Waals surface area contributed by atoms with Crippen LogP contribution in [0.3, 0.4) is 0 Å². The molecule has 1 aromatic heterocycles. The number of hydrogen-bond donors (Lipinski definition) is 1. The minimum Gasteiger partial charge on any atom is -0.316 e. The van der Waals surface area contributed by atoms with Crippen LogP contribution in [0.5, 0.6) is 0 Å². The second kappa shape index (κ2) is 7.15. The van der Waals surface area contributed by atoms with Gasteiger partial charge in [-0.2, -0.15) is 5.10 Å². The third-order valence-electron chi connectivity index (χ3n) is 3.66. The Morgan fingerprint density at radius 2 is 2.00 bits per heavy atom. The minimum absolute atomic E-state index is 0.606. The van der Waals surface area contributed by atoms with Gasteiger partial charge in [-0.3, -0.25) is 4.68 Å². The van der Waals surface area contributed by atoms with Gasteiger partial charge in [0.15, 0.2) is 0 Å². The summed E-state index contributed by atoms with van der Waals surface area (Å²) in [6.07, 6.45) is 2.20. The minimum atomic E-state index is 0.606. The molecule has 0 amide bonds. The smallest absolute Gasteiger partial charge is 0.130 e. The zero-order valence-corrected chi connectivity index (χ0v) is 13.0. The predicted octanol–water partition coefficient (Wildman–Crippen LogP) is 3.20. The molecule has 1 N–H and O–H groups in total. The topological polar surface area (TPSA) is 29.9 Å². The van der Waals surface area contributed by atoms with Gasteiger partial charge in [-0.15, -0.1) is 0 Å². The second-order valence-electron chi connectivity index (χ2n) is 5.34. The van der Waals surface area contributed by atoms with Crippen molar-refractivity contribution in [3.63, 3.8) is 0 Å². The SMILES string of the molecule is CCCNCC(C)C(C)Cc1c(C)nn(C)c1Cl. The molecule has 0 aliphatic heterocycles. The van der Waals surface area contributed by atoms with Crippen LogP contribution in [0.2, 0.25) is 5.15 Å². The lowest BCUT2D eigenvalue weighted by Crippen LogP contribution is -2.26. The van der Waals surface area contributed by atoms with Gasteiger partial charge >= 0.3 is 0 Å². The number of nitrogens with one attached hydrogen (secondary N) is 1. The van der Waals surface area contributed by atoms with Gasteiger partial charge in [0, 0.05) is 12.6 Å². The Hall–Kier alpha value is -0.540. The zero-order chi connectivity index (χ0) is 13.7. The first-order chi connectivity index (χ1) is 8.47. The molecule has 0 aliphatic rings. The maximum Gasteiger partial charge on any atom is 0.130 e. The number of hydrogen-bond acceptors (Lipinski definition) is 2. The third-order valence-corrected chi connectivity index (χ3v) is 4.13. The van der Waals surface area contributed by atoms with Crippen LogP contribution >= 0.6 is 11.6 Å². The highest BCUT2D eigenvalue weighted by molar-refractivity contribution is 6.30. The highest BCUT2D eigenvalue weighted by atomic mass is 35.5. The summed E-state index contributed by atoms with van der Waals surface area (Å²) in [5.74, 6) is 1.25. The first-order valence-corrected chi connectivity index (χ1v) is 7.23. The molecule has 1 heterocycles. The molecule has 0 bridgehead atoms. The van der Waals surface area contributed by atoms with Crippen LogP contribution in [0.25, 0.3) is 0 Å². The van der Waals surface area contributed by atoms with Crippen molar-refractivity contribution in [2.75, 3.05) is 13.1 Å². The maximum atomic E-state index is 6.27. The Balaban J connectivity index is 2.55. The van der Waals surface area contributed by atoms with Crippen molar-refractivity contribution in [1.29, 1.82) is 0 Å². The first kappa shape index (κ1) is 15.5. The fourth-order valence-electron chi connectivity index (χ4n) is 2.14. The van der Waals surface area contributed by atoms with Gasteiger partial charge in [-0.25, -0.2) is 0 Å². The molecule has 0 aromatic carbocycles. The summed E-state index contributed by atoms with van der Waals surface area (Å²) < 4.78 is 1.76. The highest BCUT2D eigenvalue weighted by Gasteiger charge is 2.18. The Morgan fingerprint density at radius 3 is 2.50 bits per heavy atom. The lowest BCUT2D eigenvalue weighted by Gasteiger charge is -2.20. The molecule has 0 saturated carbocycles. The van der Waals surface area contributed by atoms with Gasteiger partial charge in [0.1, 0.15) is 5.15 Å². The molecule has 0 spiro atoms. The number of rotatable bonds is 7. The molecular weight excluding hydrogens is 246 g/mol. The molecule has 1 aromatic rings. The number of aromatic nitrogens is 2. The third kappa shape index (κ3) is 3.99. The van der Waals surface area contributed by atoms with E-state index in [2.05, 4.69) is 31.2 Å². The molecule has 18 heavy (non-hydrogen) atoms. The number of nitrogens with zero attached hydrogens (tertiary/aromatic N) is 2. The van der Waals surface area contributed by atoms with E-state index in [0.717, 1.165) is 30.4 Å². The number of aryl methyl sites for hydroxylation is 2. The summed E-state index contributed by atoms with van der Waals surface area (Å²) >= 11 is 6.27. The van der Waals surface area contributed by atoms with Crippen LogP contribution in [0, 0.1) is 18.8 Å². The molecule has 2 unspecified atom stereocenters. The van der Waals surface area contributed by atoms with Crippen LogP contribution in [0.1, 0.15) is 38.4 Å². The fraction of sp³-hybridized carbons (Fsp3) is 0.786. The van der Waals surface area contributed by atoms with Crippen molar-refractivity contribution in [1.82, 2.24) is 15.1 Å². The lowest BCUT2D eigenvalue weighted by molar-refractivity contribution is 0.365. The lowest BCUT2D eigenvalue weighted by atomic mass is 9.90. The quantitative estimate of drug-likeness (QED) is 0.772. The van der Waals surface area contributed by atoms with Gasteiger partial charge < -0.3 is 5.32 Å². The van der Waals surface area contributed by atoms with Gasteiger partial charge in [0.25, 0.3) is 0 Å². The Kier molecular flexibility index (Phi) is 6.16. The van der Waals surface area contributed by atoms with Gasteiger partial charge in [0.2, 0.25) is 0 Å². The highest BCUT2D eigenvalue weighted by Crippen LogP contribution is 2.24. The summed E-state index contributed by atoms with van der Waals surface area (Å²) in [5.41, 5.74) is 2.26. The summed E-state index contributed by atoms with van der Waals surface area (Å²) in [5, 5.41) is 8.63. The summed E-state index contributed by atoms with van der Waals surface area (Å²) in [6, 6.07) is 0. The van der Waals surface area contributed by atoms with E-state index in [0.29, 0.717) is 11.8 Å². The molecular formula is C14H26ClN3. The molecule has 4 heteroatoms.